The molecule has 1 saturated carbocycles. The number of rotatable bonds is 2. The van der Waals surface area contributed by atoms with Gasteiger partial charge in [-0.1, -0.05) is 43.6 Å². The van der Waals surface area contributed by atoms with E-state index in [0.717, 1.165) is 11.6 Å². The lowest BCUT2D eigenvalue weighted by Crippen LogP contribution is -2.05. The molecule has 1 aromatic carbocycles. The molecule has 1 aromatic rings. The van der Waals surface area contributed by atoms with Crippen LogP contribution >= 0.6 is 11.6 Å². The molecule has 0 amide bonds. The van der Waals surface area contributed by atoms with E-state index in [0.29, 0.717) is 17.3 Å². The summed E-state index contributed by atoms with van der Waals surface area (Å²) in [5.74, 6) is 1.13. The van der Waals surface area contributed by atoms with E-state index in [9.17, 15) is 0 Å². The molecule has 2 N–H and O–H groups in total. The van der Waals surface area contributed by atoms with Crippen LogP contribution in [0, 0.1) is 11.3 Å². The van der Waals surface area contributed by atoms with Crippen molar-refractivity contribution in [2.24, 2.45) is 17.1 Å². The molecule has 0 saturated heterocycles. The average Bonchev–Trinajstić information content (AvgIpc) is 2.69. The van der Waals surface area contributed by atoms with E-state index in [1.54, 1.807) is 0 Å². The predicted octanol–water partition coefficient (Wildman–Crippen LogP) is 3.04. The maximum Gasteiger partial charge on any atom is 0.0441 e. The summed E-state index contributed by atoms with van der Waals surface area (Å²) in [6.07, 6.45) is 0. The predicted molar refractivity (Wildman–Crippen MR) is 60.5 cm³/mol. The van der Waals surface area contributed by atoms with Crippen molar-refractivity contribution in [2.75, 3.05) is 6.54 Å². The Morgan fingerprint density at radius 1 is 1.36 bits per heavy atom. The van der Waals surface area contributed by atoms with Gasteiger partial charge in [-0.05, 0) is 35.4 Å². The SMILES string of the molecule is CC1(C)[C@H](CN)[C@H]1c1ccccc1Cl. The molecule has 1 nitrogen and oxygen atoms in total. The molecule has 0 unspecified atom stereocenters. The van der Waals surface area contributed by atoms with Crippen molar-refractivity contribution in [3.63, 3.8) is 0 Å². The van der Waals surface area contributed by atoms with Gasteiger partial charge in [0.2, 0.25) is 0 Å². The van der Waals surface area contributed by atoms with Crippen LogP contribution in [0.5, 0.6) is 0 Å². The van der Waals surface area contributed by atoms with Gasteiger partial charge in [0.05, 0.1) is 0 Å². The second-order valence-electron chi connectivity index (χ2n) is 4.66. The third-order valence-corrected chi connectivity index (χ3v) is 3.89. The summed E-state index contributed by atoms with van der Waals surface area (Å²) in [6, 6.07) is 8.09. The summed E-state index contributed by atoms with van der Waals surface area (Å²) in [7, 11) is 0. The smallest absolute Gasteiger partial charge is 0.0441 e. The Morgan fingerprint density at radius 2 is 2.00 bits per heavy atom. The standard InChI is InChI=1S/C12H16ClN/c1-12(2)9(7-14)11(12)8-5-3-4-6-10(8)13/h3-6,9,11H,7,14H2,1-2H3/t9-,11-/m1/s1. The Kier molecular flexibility index (Phi) is 2.32. The number of halogens is 1. The van der Waals surface area contributed by atoms with E-state index in [2.05, 4.69) is 19.9 Å². The van der Waals surface area contributed by atoms with Crippen molar-refractivity contribution in [2.45, 2.75) is 19.8 Å². The molecule has 2 atom stereocenters. The molecule has 14 heavy (non-hydrogen) atoms. The lowest BCUT2D eigenvalue weighted by atomic mass is 10.0. The highest BCUT2D eigenvalue weighted by molar-refractivity contribution is 6.31. The monoisotopic (exact) mass is 209 g/mol. The normalized spacial score (nSPS) is 28.9. The molecule has 0 aliphatic heterocycles. The molecule has 1 aliphatic carbocycles. The summed E-state index contributed by atoms with van der Waals surface area (Å²) in [4.78, 5) is 0. The zero-order valence-corrected chi connectivity index (χ0v) is 9.38. The fourth-order valence-corrected chi connectivity index (χ4v) is 2.78. The minimum Gasteiger partial charge on any atom is -0.330 e. The third kappa shape index (κ3) is 1.35. The zero-order chi connectivity index (χ0) is 10.3. The Labute approximate surface area is 90.3 Å². The fraction of sp³-hybridized carbons (Fsp3) is 0.500. The Bertz CT molecular complexity index is 346. The van der Waals surface area contributed by atoms with Crippen molar-refractivity contribution in [1.29, 1.82) is 0 Å². The van der Waals surface area contributed by atoms with Crippen molar-refractivity contribution in [3.05, 3.63) is 34.9 Å². The molecule has 0 spiro atoms. The first kappa shape index (κ1) is 10.0. The summed E-state index contributed by atoms with van der Waals surface area (Å²) >= 11 is 6.17. The molecule has 1 aliphatic rings. The van der Waals surface area contributed by atoms with Crippen LogP contribution in [0.25, 0.3) is 0 Å². The molecule has 2 rings (SSSR count). The van der Waals surface area contributed by atoms with Crippen LogP contribution in [0.4, 0.5) is 0 Å². The molecule has 0 radical (unpaired) electrons. The number of benzene rings is 1. The minimum absolute atomic E-state index is 0.319. The first-order valence-electron chi connectivity index (χ1n) is 5.03. The summed E-state index contributed by atoms with van der Waals surface area (Å²) in [5, 5.41) is 0.876. The first-order valence-corrected chi connectivity index (χ1v) is 5.41. The molecule has 0 aromatic heterocycles. The van der Waals surface area contributed by atoms with Crippen LogP contribution in [0.2, 0.25) is 5.02 Å². The molecule has 1 fully saturated rings. The van der Waals surface area contributed by atoms with Gasteiger partial charge < -0.3 is 5.73 Å². The van der Waals surface area contributed by atoms with E-state index in [-0.39, 0.29) is 0 Å². The molecule has 0 bridgehead atoms. The van der Waals surface area contributed by atoms with Crippen LogP contribution in [-0.2, 0) is 0 Å². The largest absolute Gasteiger partial charge is 0.330 e. The van der Waals surface area contributed by atoms with Crippen LogP contribution in [0.15, 0.2) is 24.3 Å². The highest BCUT2D eigenvalue weighted by Crippen LogP contribution is 2.64. The molecular weight excluding hydrogens is 194 g/mol. The van der Waals surface area contributed by atoms with E-state index >= 15 is 0 Å². The highest BCUT2D eigenvalue weighted by Gasteiger charge is 2.57. The number of nitrogens with two attached hydrogens (primary N) is 1. The third-order valence-electron chi connectivity index (χ3n) is 3.54. The Hall–Kier alpha value is -0.530. The van der Waals surface area contributed by atoms with Crippen LogP contribution in [0.3, 0.4) is 0 Å². The average molecular weight is 210 g/mol. The van der Waals surface area contributed by atoms with E-state index < -0.39 is 0 Å². The quantitative estimate of drug-likeness (QED) is 0.796. The van der Waals surface area contributed by atoms with E-state index in [4.69, 9.17) is 17.3 Å². The van der Waals surface area contributed by atoms with Crippen LogP contribution in [-0.4, -0.2) is 6.54 Å². The van der Waals surface area contributed by atoms with Gasteiger partial charge >= 0.3 is 0 Å². The minimum atomic E-state index is 0.319. The van der Waals surface area contributed by atoms with Crippen molar-refractivity contribution >= 4 is 11.6 Å². The van der Waals surface area contributed by atoms with Gasteiger partial charge in [-0.15, -0.1) is 0 Å². The van der Waals surface area contributed by atoms with Gasteiger partial charge in [-0.3, -0.25) is 0 Å². The number of hydrogen-bond acceptors (Lipinski definition) is 1. The molecular formula is C12H16ClN. The van der Waals surface area contributed by atoms with E-state index in [1.165, 1.54) is 5.56 Å². The van der Waals surface area contributed by atoms with Gasteiger partial charge in [-0.2, -0.15) is 0 Å². The van der Waals surface area contributed by atoms with Crippen molar-refractivity contribution in [3.8, 4) is 0 Å². The maximum absolute atomic E-state index is 6.17. The Morgan fingerprint density at radius 3 is 2.50 bits per heavy atom. The van der Waals surface area contributed by atoms with Crippen molar-refractivity contribution in [1.82, 2.24) is 0 Å². The highest BCUT2D eigenvalue weighted by atomic mass is 35.5. The zero-order valence-electron chi connectivity index (χ0n) is 8.63. The van der Waals surface area contributed by atoms with Gasteiger partial charge in [0, 0.05) is 5.02 Å². The van der Waals surface area contributed by atoms with Gasteiger partial charge in [-0.25, -0.2) is 0 Å². The summed E-state index contributed by atoms with van der Waals surface area (Å²) < 4.78 is 0. The van der Waals surface area contributed by atoms with Gasteiger partial charge in [0.1, 0.15) is 0 Å². The molecule has 2 heteroatoms. The topological polar surface area (TPSA) is 26.0 Å². The Balaban J connectivity index is 2.31. The summed E-state index contributed by atoms with van der Waals surface area (Å²) in [5.41, 5.74) is 7.32. The fourth-order valence-electron chi connectivity index (χ4n) is 2.53. The summed E-state index contributed by atoms with van der Waals surface area (Å²) in [6.45, 7) is 5.28. The van der Waals surface area contributed by atoms with Crippen LogP contribution in [0.1, 0.15) is 25.3 Å². The lowest BCUT2D eigenvalue weighted by Gasteiger charge is -2.04. The lowest BCUT2D eigenvalue weighted by molar-refractivity contribution is 0.558. The van der Waals surface area contributed by atoms with Gasteiger partial charge in [0.15, 0.2) is 0 Å². The first-order chi connectivity index (χ1) is 6.59. The molecule has 0 heterocycles. The number of hydrogen-bond donors (Lipinski definition) is 1. The molecule has 76 valence electrons. The second-order valence-corrected chi connectivity index (χ2v) is 5.07. The van der Waals surface area contributed by atoms with Gasteiger partial charge in [0.25, 0.3) is 0 Å². The maximum atomic E-state index is 6.17. The van der Waals surface area contributed by atoms with E-state index in [1.807, 2.05) is 18.2 Å². The van der Waals surface area contributed by atoms with Crippen molar-refractivity contribution < 1.29 is 0 Å². The van der Waals surface area contributed by atoms with Crippen LogP contribution < -0.4 is 5.73 Å². The second kappa shape index (κ2) is 3.25.